The number of rotatable bonds is 30. The van der Waals surface area contributed by atoms with Crippen LogP contribution in [0.5, 0.6) is 34.5 Å². The molecule has 0 bridgehead atoms. The number of imide groups is 1. The van der Waals surface area contributed by atoms with Gasteiger partial charge in [-0.2, -0.15) is 0 Å². The lowest BCUT2D eigenvalue weighted by atomic mass is 9.95. The van der Waals surface area contributed by atoms with Crippen molar-refractivity contribution in [3.05, 3.63) is 154 Å². The van der Waals surface area contributed by atoms with Crippen LogP contribution in [0.25, 0.3) is 11.1 Å². The number of methoxy groups -OCH3 is 3. The van der Waals surface area contributed by atoms with Gasteiger partial charge in [0.25, 0.3) is 23.6 Å². The molecule has 5 aromatic carbocycles. The lowest BCUT2D eigenvalue weighted by Gasteiger charge is -2.38. The Morgan fingerprint density at radius 1 is 0.622 bits per heavy atom. The fourth-order valence-electron chi connectivity index (χ4n) is 12.5. The summed E-state index contributed by atoms with van der Waals surface area (Å²) in [7, 11) is 4.69. The van der Waals surface area contributed by atoms with Crippen LogP contribution in [0, 0.1) is 0 Å². The van der Waals surface area contributed by atoms with Gasteiger partial charge in [-0.3, -0.25) is 34.1 Å². The molecule has 9 N–H and O–H groups in total. The highest BCUT2D eigenvalue weighted by atomic mass is 16.7. The first kappa shape index (κ1) is 69.4. The number of amides is 5. The Kier molecular flexibility index (Phi) is 22.3. The SMILES string of the molecule is COc1ccc(C2=CN3C(=O)c4cc(OC)c(OCCCCCOc5cc6c(cc5OC)C(=O)N5C=C(c7ccc(CNC(=O)OCc8ccc(O[C@@H]9O[C@H](C(=O)O)[C@@H](O)[C@H](O)[C@H]9O)c(C(N)CCC(N)CCCCCN9C(=O)C=CC9=O)c8)cc7)C[C@H]5C=N6)cc4N=C[C@@H]3C2)cc1. The number of nitrogens with zero attached hydrogens (tertiary/aromatic N) is 5. The number of alkyl carbamates (subject to hydrolysis) is 1. The van der Waals surface area contributed by atoms with Crippen molar-refractivity contribution in [2.24, 2.45) is 21.5 Å². The lowest BCUT2D eigenvalue weighted by Crippen LogP contribution is -2.61. The van der Waals surface area contributed by atoms with E-state index >= 15 is 0 Å². The van der Waals surface area contributed by atoms with E-state index in [9.17, 15) is 49.2 Å². The molecule has 6 heterocycles. The number of carbonyl (C=O) groups excluding carboxylic acids is 5. The maximum atomic E-state index is 14.2. The molecule has 516 valence electrons. The second kappa shape index (κ2) is 31.5. The average Bonchev–Trinajstić information content (AvgIpc) is 1.66. The molecule has 6 aliphatic heterocycles. The van der Waals surface area contributed by atoms with Crippen molar-refractivity contribution in [2.45, 2.75) is 139 Å². The number of fused-ring (bicyclic) bond motifs is 4. The molecule has 26 nitrogen and oxygen atoms in total. The van der Waals surface area contributed by atoms with Crippen LogP contribution in [0.3, 0.4) is 0 Å². The van der Waals surface area contributed by atoms with Gasteiger partial charge in [0, 0.05) is 92.7 Å². The Hall–Kier alpha value is -9.96. The number of aliphatic imine (C=N–C) groups is 2. The van der Waals surface area contributed by atoms with Crippen LogP contribution in [-0.2, 0) is 37.0 Å². The molecule has 9 atom stereocenters. The highest BCUT2D eigenvalue weighted by molar-refractivity contribution is 6.13. The normalized spacial score (nSPS) is 21.3. The summed E-state index contributed by atoms with van der Waals surface area (Å²) in [4.78, 5) is 90.9. The molecule has 0 saturated carbocycles. The van der Waals surface area contributed by atoms with Crippen LogP contribution in [0.1, 0.15) is 125 Å². The molecule has 0 aromatic heterocycles. The number of carbonyl (C=O) groups is 6. The van der Waals surface area contributed by atoms with E-state index in [1.54, 1.807) is 66.6 Å². The topological polar surface area (TPSA) is 356 Å². The van der Waals surface area contributed by atoms with Crippen LogP contribution in [0.4, 0.5) is 16.2 Å². The number of aliphatic hydroxyl groups is 3. The summed E-state index contributed by atoms with van der Waals surface area (Å²) in [6.07, 6.45) is 6.66. The quantitative estimate of drug-likeness (QED) is 0.0172. The van der Waals surface area contributed by atoms with Crippen molar-refractivity contribution in [3.63, 3.8) is 0 Å². The highest BCUT2D eigenvalue weighted by Crippen LogP contribution is 2.43. The van der Waals surface area contributed by atoms with Crippen molar-refractivity contribution >= 4 is 70.6 Å². The molecule has 0 spiro atoms. The van der Waals surface area contributed by atoms with Crippen LogP contribution in [0.15, 0.2) is 126 Å². The van der Waals surface area contributed by atoms with E-state index in [0.717, 1.165) is 52.8 Å². The number of aliphatic hydroxyl groups excluding tert-OH is 3. The monoisotopic (exact) mass is 1340 g/mol. The number of carboxylic acid groups (broad SMARTS) is 1. The third-order valence-electron chi connectivity index (χ3n) is 18.1. The summed E-state index contributed by atoms with van der Waals surface area (Å²) >= 11 is 0. The van der Waals surface area contributed by atoms with Gasteiger partial charge in [0.2, 0.25) is 6.29 Å². The third-order valence-corrected chi connectivity index (χ3v) is 18.1. The number of hydrogen-bond acceptors (Lipinski definition) is 21. The van der Waals surface area contributed by atoms with Crippen molar-refractivity contribution in [1.82, 2.24) is 20.0 Å². The second-order valence-electron chi connectivity index (χ2n) is 24.7. The zero-order valence-electron chi connectivity index (χ0n) is 54.5. The van der Waals surface area contributed by atoms with Gasteiger partial charge in [0.1, 0.15) is 36.4 Å². The number of hydrogen-bond donors (Lipinski definition) is 7. The van der Waals surface area contributed by atoms with Gasteiger partial charge >= 0.3 is 12.1 Å². The smallest absolute Gasteiger partial charge is 0.407 e. The van der Waals surface area contributed by atoms with E-state index in [-0.39, 0.29) is 60.7 Å². The van der Waals surface area contributed by atoms with E-state index in [2.05, 4.69) is 5.32 Å². The van der Waals surface area contributed by atoms with Gasteiger partial charge in [-0.1, -0.05) is 55.3 Å². The molecule has 0 aliphatic carbocycles. The van der Waals surface area contributed by atoms with Gasteiger partial charge in [-0.25, -0.2) is 9.59 Å². The summed E-state index contributed by atoms with van der Waals surface area (Å²) in [5.74, 6) is -0.0243. The Balaban J connectivity index is 0.634. The summed E-state index contributed by atoms with van der Waals surface area (Å²) in [5, 5.41) is 43.9. The molecule has 98 heavy (non-hydrogen) atoms. The molecular weight excluding hydrogens is 1260 g/mol. The van der Waals surface area contributed by atoms with Gasteiger partial charge in [-0.15, -0.1) is 0 Å². The predicted molar refractivity (Wildman–Crippen MR) is 359 cm³/mol. The molecular formula is C72H80N8O18. The minimum Gasteiger partial charge on any atom is -0.497 e. The Bertz CT molecular complexity index is 3930. The van der Waals surface area contributed by atoms with E-state index in [1.807, 2.05) is 67.1 Å². The van der Waals surface area contributed by atoms with Gasteiger partial charge < -0.3 is 84.9 Å². The van der Waals surface area contributed by atoms with Crippen molar-refractivity contribution < 1.29 is 87.1 Å². The molecule has 1 fully saturated rings. The first-order valence-electron chi connectivity index (χ1n) is 32.6. The Morgan fingerprint density at radius 2 is 1.18 bits per heavy atom. The number of benzene rings is 5. The van der Waals surface area contributed by atoms with E-state index in [4.69, 9.17) is 59.3 Å². The molecule has 2 unspecified atom stereocenters. The fourth-order valence-corrected chi connectivity index (χ4v) is 12.5. The van der Waals surface area contributed by atoms with Crippen LogP contribution >= 0.6 is 0 Å². The zero-order chi connectivity index (χ0) is 69.1. The second-order valence-corrected chi connectivity index (χ2v) is 24.7. The zero-order valence-corrected chi connectivity index (χ0v) is 54.5. The minimum absolute atomic E-state index is 0.0776. The standard InChI is InChI=1S/C72H80N8O18/c1-91-50-19-16-44(17-20-50)46-30-49-37-76-56-34-61(59(93-3)32-53(56)69(87)80(49)39-46)95-27-9-5-8-26-94-60-33-55-52(31-58(60)92-2)68(86)79-38-45(29-48(79)36-75-55)43-14-11-41(12-15-43)35-77-72(90)96-40-42-13-22-57(97-71-66(85)64(83)65(84)67(98-71)70(88)89)51(28-42)54(74)21-18-47(73)10-6-4-7-25-78-62(81)23-24-63(78)82/h11-17,19-20,22-24,28,31-34,36-39,47-49,54,64-67,71,83-85H,4-10,18,21,25-27,29-30,35,40,73-74H2,1-3H3,(H,77,90)(H,88,89)/t47?,48-,49-,54?,64-,65-,66+,67-,71+/m0/s1. The maximum absolute atomic E-state index is 14.2. The summed E-state index contributed by atoms with van der Waals surface area (Å²) < 4.78 is 46.0. The lowest BCUT2D eigenvalue weighted by molar-refractivity contribution is -0.271. The highest BCUT2D eigenvalue weighted by Gasteiger charge is 2.48. The minimum atomic E-state index is -1.93. The number of nitrogens with one attached hydrogen (secondary N) is 1. The molecule has 5 aromatic rings. The number of unbranched alkanes of at least 4 members (excludes halogenated alkanes) is 4. The maximum Gasteiger partial charge on any atom is 0.407 e. The number of nitrogens with two attached hydrogens (primary N) is 2. The molecule has 26 heteroatoms. The molecule has 1 saturated heterocycles. The van der Waals surface area contributed by atoms with Crippen LogP contribution < -0.4 is 45.2 Å². The Labute approximate surface area is 565 Å². The molecule has 0 radical (unpaired) electrons. The van der Waals surface area contributed by atoms with Crippen molar-refractivity contribution in [1.29, 1.82) is 0 Å². The van der Waals surface area contributed by atoms with E-state index in [0.29, 0.717) is 128 Å². The van der Waals surface area contributed by atoms with Crippen molar-refractivity contribution in [2.75, 3.05) is 41.1 Å². The van der Waals surface area contributed by atoms with Gasteiger partial charge in [-0.05, 0) is 115 Å². The first-order valence-corrected chi connectivity index (χ1v) is 32.6. The molecule has 5 amide bonds. The van der Waals surface area contributed by atoms with Gasteiger partial charge in [0.15, 0.2) is 29.1 Å². The first-order chi connectivity index (χ1) is 47.4. The predicted octanol–water partition coefficient (Wildman–Crippen LogP) is 7.57. The van der Waals surface area contributed by atoms with E-state index in [1.165, 1.54) is 30.2 Å². The van der Waals surface area contributed by atoms with Crippen molar-refractivity contribution in [3.8, 4) is 34.5 Å². The Morgan fingerprint density at radius 3 is 1.74 bits per heavy atom. The number of ether oxygens (including phenoxy) is 8. The number of aliphatic carboxylic acids is 1. The van der Waals surface area contributed by atoms with Crippen LogP contribution in [-0.4, -0.2) is 173 Å². The molecule has 6 aliphatic rings. The molecule has 11 rings (SSSR count). The van der Waals surface area contributed by atoms with E-state index < -0.39 is 48.8 Å². The van der Waals surface area contributed by atoms with Gasteiger partial charge in [0.05, 0.1) is 69.1 Å². The largest absolute Gasteiger partial charge is 0.497 e. The average molecular weight is 1350 g/mol. The fraction of sp³-hybridized carbons (Fsp3) is 0.389. The summed E-state index contributed by atoms with van der Waals surface area (Å²) in [6, 6.07) is 25.3. The number of carboxylic acids is 1. The summed E-state index contributed by atoms with van der Waals surface area (Å²) in [5.41, 5.74) is 20.5. The third kappa shape index (κ3) is 16.0. The van der Waals surface area contributed by atoms with Crippen LogP contribution in [0.2, 0.25) is 0 Å². The summed E-state index contributed by atoms with van der Waals surface area (Å²) in [6.45, 7) is 1.01.